The highest BCUT2D eigenvalue weighted by Gasteiger charge is 2.52. The van der Waals surface area contributed by atoms with Crippen molar-refractivity contribution < 1.29 is 23.5 Å². The molecule has 0 spiro atoms. The van der Waals surface area contributed by atoms with Crippen molar-refractivity contribution in [3.8, 4) is 0 Å². The Morgan fingerprint density at radius 3 is 2.56 bits per heavy atom. The van der Waals surface area contributed by atoms with Crippen molar-refractivity contribution in [1.82, 2.24) is 4.57 Å². The van der Waals surface area contributed by atoms with Gasteiger partial charge in [-0.3, -0.25) is 14.4 Å². The van der Waals surface area contributed by atoms with Crippen molar-refractivity contribution in [3.63, 3.8) is 0 Å². The van der Waals surface area contributed by atoms with Crippen LogP contribution in [0.3, 0.4) is 0 Å². The fourth-order valence-corrected chi connectivity index (χ4v) is 3.32. The van der Waals surface area contributed by atoms with Gasteiger partial charge in [-0.25, -0.2) is 4.39 Å². The third-order valence-electron chi connectivity index (χ3n) is 4.57. The number of fused-ring (bicyclic) bond motifs is 1. The fourth-order valence-electron chi connectivity index (χ4n) is 3.32. The summed E-state index contributed by atoms with van der Waals surface area (Å²) in [6.45, 7) is 3.39. The zero-order valence-electron chi connectivity index (χ0n) is 14.0. The molecule has 0 saturated carbocycles. The van der Waals surface area contributed by atoms with E-state index in [1.165, 1.54) is 12.1 Å². The average molecular weight is 343 g/mol. The molecule has 0 amide bonds. The first kappa shape index (κ1) is 17.1. The number of rotatable bonds is 4. The largest absolute Gasteiger partial charge is 0.465 e. The summed E-state index contributed by atoms with van der Waals surface area (Å²) in [5, 5.41) is 0. The number of benzene rings is 1. The number of carbonyl (C=O) groups excluding carboxylic acids is 3. The van der Waals surface area contributed by atoms with Crippen LogP contribution >= 0.6 is 0 Å². The highest BCUT2D eigenvalue weighted by molar-refractivity contribution is 6.25. The predicted octanol–water partition coefficient (Wildman–Crippen LogP) is 2.53. The second-order valence-electron chi connectivity index (χ2n) is 6.25. The minimum Gasteiger partial charge on any atom is -0.465 e. The highest BCUT2D eigenvalue weighted by atomic mass is 19.1. The van der Waals surface area contributed by atoms with Gasteiger partial charge in [-0.2, -0.15) is 0 Å². The molecule has 6 heteroatoms. The van der Waals surface area contributed by atoms with Crippen molar-refractivity contribution in [3.05, 3.63) is 59.7 Å². The Labute approximate surface area is 144 Å². The Balaban J connectivity index is 2.06. The van der Waals surface area contributed by atoms with Crippen LogP contribution in [0.25, 0.3) is 0 Å². The van der Waals surface area contributed by atoms with E-state index in [9.17, 15) is 18.8 Å². The summed E-state index contributed by atoms with van der Waals surface area (Å²) in [5.74, 6) is -3.72. The molecule has 25 heavy (non-hydrogen) atoms. The minimum absolute atomic E-state index is 0.0889. The number of ether oxygens (including phenoxy) is 1. The minimum atomic E-state index is -1.47. The van der Waals surface area contributed by atoms with Gasteiger partial charge in [0.15, 0.2) is 11.7 Å². The van der Waals surface area contributed by atoms with Crippen LogP contribution in [0.15, 0.2) is 42.6 Å². The number of carbonyl (C=O) groups is 3. The quantitative estimate of drug-likeness (QED) is 0.632. The van der Waals surface area contributed by atoms with Gasteiger partial charge >= 0.3 is 5.97 Å². The second-order valence-corrected chi connectivity index (χ2v) is 6.25. The Kier molecular flexibility index (Phi) is 4.29. The SMILES string of the molecule is CCOC(=O)C1C(=O)c2cccn2[C@@](C)(Cc2ccc(F)cc2)C1=O. The van der Waals surface area contributed by atoms with E-state index in [4.69, 9.17) is 4.74 Å². The van der Waals surface area contributed by atoms with Crippen LogP contribution in [-0.4, -0.2) is 28.7 Å². The van der Waals surface area contributed by atoms with E-state index in [0.717, 1.165) is 5.56 Å². The van der Waals surface area contributed by atoms with E-state index < -0.39 is 29.0 Å². The molecule has 1 aromatic carbocycles. The maximum Gasteiger partial charge on any atom is 0.324 e. The van der Waals surface area contributed by atoms with Crippen molar-refractivity contribution in [1.29, 1.82) is 0 Å². The molecule has 5 nitrogen and oxygen atoms in total. The molecule has 0 aliphatic carbocycles. The van der Waals surface area contributed by atoms with Gasteiger partial charge in [0.2, 0.25) is 5.78 Å². The molecule has 1 aliphatic heterocycles. The van der Waals surface area contributed by atoms with E-state index in [1.807, 2.05) is 0 Å². The number of aromatic nitrogens is 1. The topological polar surface area (TPSA) is 65.4 Å². The van der Waals surface area contributed by atoms with Crippen molar-refractivity contribution in [2.45, 2.75) is 25.8 Å². The van der Waals surface area contributed by atoms with Crippen LogP contribution in [-0.2, 0) is 26.3 Å². The first-order valence-corrected chi connectivity index (χ1v) is 8.06. The summed E-state index contributed by atoms with van der Waals surface area (Å²) < 4.78 is 19.7. The zero-order valence-corrected chi connectivity index (χ0v) is 14.0. The smallest absolute Gasteiger partial charge is 0.324 e. The summed E-state index contributed by atoms with van der Waals surface area (Å²) in [5.41, 5.74) is -0.113. The molecule has 1 unspecified atom stereocenters. The van der Waals surface area contributed by atoms with Crippen LogP contribution in [0.5, 0.6) is 0 Å². The molecule has 0 fully saturated rings. The molecule has 2 atom stereocenters. The maximum atomic E-state index is 13.2. The van der Waals surface area contributed by atoms with Gasteiger partial charge in [-0.1, -0.05) is 12.1 Å². The molecular weight excluding hydrogens is 325 g/mol. The number of nitrogens with zero attached hydrogens (tertiary/aromatic N) is 1. The molecule has 3 rings (SSSR count). The highest BCUT2D eigenvalue weighted by Crippen LogP contribution is 2.35. The van der Waals surface area contributed by atoms with Gasteiger partial charge in [-0.15, -0.1) is 0 Å². The number of ketones is 2. The number of esters is 1. The second kappa shape index (κ2) is 6.27. The number of hydrogen-bond acceptors (Lipinski definition) is 4. The van der Waals surface area contributed by atoms with Crippen molar-refractivity contribution in [2.24, 2.45) is 5.92 Å². The third-order valence-corrected chi connectivity index (χ3v) is 4.57. The molecule has 0 N–H and O–H groups in total. The monoisotopic (exact) mass is 343 g/mol. The molecule has 130 valence electrons. The van der Waals surface area contributed by atoms with Crippen LogP contribution in [0, 0.1) is 11.7 Å². The zero-order chi connectivity index (χ0) is 18.2. The summed E-state index contributed by atoms with van der Waals surface area (Å²) in [6, 6.07) is 9.06. The van der Waals surface area contributed by atoms with Crippen molar-refractivity contribution in [2.75, 3.05) is 6.61 Å². The molecule has 2 heterocycles. The Bertz CT molecular complexity index is 839. The standard InChI is InChI=1S/C19H18FNO4/c1-3-25-18(24)15-16(22)14-5-4-10-21(14)19(2,17(15)23)11-12-6-8-13(20)9-7-12/h4-10,15H,3,11H2,1-2H3/t15?,19-/m0/s1. The maximum absolute atomic E-state index is 13.2. The first-order valence-electron chi connectivity index (χ1n) is 8.06. The van der Waals surface area contributed by atoms with Gasteiger partial charge in [0, 0.05) is 12.6 Å². The summed E-state index contributed by atoms with van der Waals surface area (Å²) in [7, 11) is 0. The molecular formula is C19H18FNO4. The van der Waals surface area contributed by atoms with Gasteiger partial charge in [0.05, 0.1) is 12.3 Å². The van der Waals surface area contributed by atoms with Gasteiger partial charge in [0.1, 0.15) is 11.4 Å². The number of hydrogen-bond donors (Lipinski definition) is 0. The molecule has 0 radical (unpaired) electrons. The van der Waals surface area contributed by atoms with Crippen molar-refractivity contribution >= 4 is 17.5 Å². The van der Waals surface area contributed by atoms with E-state index in [-0.39, 0.29) is 18.8 Å². The first-order chi connectivity index (χ1) is 11.9. The number of Topliss-reactive ketones (excluding diaryl/α,β-unsaturated/α-hetero) is 2. The third kappa shape index (κ3) is 2.77. The summed E-state index contributed by atoms with van der Waals surface area (Å²) >= 11 is 0. The van der Waals surface area contributed by atoms with Crippen LogP contribution in [0.1, 0.15) is 29.9 Å². The molecule has 0 saturated heterocycles. The number of halogens is 1. The van der Waals surface area contributed by atoms with Gasteiger partial charge < -0.3 is 9.30 Å². The van der Waals surface area contributed by atoms with Gasteiger partial charge in [0.25, 0.3) is 0 Å². The Hall–Kier alpha value is -2.76. The molecule has 1 aromatic heterocycles. The van der Waals surface area contributed by atoms with E-state index in [0.29, 0.717) is 5.69 Å². The summed E-state index contributed by atoms with van der Waals surface area (Å²) in [4.78, 5) is 37.9. The van der Waals surface area contributed by atoms with Crippen LogP contribution in [0.4, 0.5) is 4.39 Å². The normalized spacial score (nSPS) is 22.6. The lowest BCUT2D eigenvalue weighted by Crippen LogP contribution is -2.54. The molecule has 2 aromatic rings. The lowest BCUT2D eigenvalue weighted by Gasteiger charge is -2.37. The Morgan fingerprint density at radius 2 is 1.92 bits per heavy atom. The lowest BCUT2D eigenvalue weighted by atomic mass is 9.76. The van der Waals surface area contributed by atoms with E-state index >= 15 is 0 Å². The van der Waals surface area contributed by atoms with Gasteiger partial charge in [-0.05, 0) is 43.7 Å². The van der Waals surface area contributed by atoms with Crippen LogP contribution in [0.2, 0.25) is 0 Å². The van der Waals surface area contributed by atoms with E-state index in [2.05, 4.69) is 0 Å². The lowest BCUT2D eigenvalue weighted by molar-refractivity contribution is -0.152. The van der Waals surface area contributed by atoms with Crippen LogP contribution < -0.4 is 0 Å². The Morgan fingerprint density at radius 1 is 1.24 bits per heavy atom. The molecule has 1 aliphatic rings. The fraction of sp³-hybridized carbons (Fsp3) is 0.316. The predicted molar refractivity (Wildman–Crippen MR) is 87.6 cm³/mol. The summed E-state index contributed by atoms with van der Waals surface area (Å²) in [6.07, 6.45) is 1.88. The molecule has 0 bridgehead atoms. The van der Waals surface area contributed by atoms with E-state index in [1.54, 1.807) is 48.9 Å². The average Bonchev–Trinajstić information content (AvgIpc) is 3.07.